The van der Waals surface area contributed by atoms with Crippen LogP contribution in [0.25, 0.3) is 10.8 Å². The predicted molar refractivity (Wildman–Crippen MR) is 56.2 cm³/mol. The van der Waals surface area contributed by atoms with Gasteiger partial charge in [0.2, 0.25) is 0 Å². The Morgan fingerprint density at radius 3 is 3.29 bits per heavy atom. The number of ether oxygens (including phenoxy) is 1. The van der Waals surface area contributed by atoms with Crippen LogP contribution in [0.5, 0.6) is 5.75 Å². The summed E-state index contributed by atoms with van der Waals surface area (Å²) >= 11 is 0. The third-order valence-corrected chi connectivity index (χ3v) is 1.76. The molecule has 14 heavy (non-hydrogen) atoms. The molecule has 72 valence electrons. The molecular weight excluding hydrogens is 176 g/mol. The highest BCUT2D eigenvalue weighted by Gasteiger charge is 2.03. The van der Waals surface area contributed by atoms with E-state index in [9.17, 15) is 0 Å². The Kier molecular flexibility index (Phi) is 1.00. The molecule has 0 bridgehead atoms. The molecule has 0 saturated carbocycles. The van der Waals surface area contributed by atoms with Crippen LogP contribution in [-0.4, -0.2) is 12.0 Å². The molecule has 0 unspecified atom stereocenters. The average Bonchev–Trinajstić information content (AvgIpc) is 2.39. The minimum absolute atomic E-state index is 0.0653. The maximum atomic E-state index is 8.08. The van der Waals surface area contributed by atoms with Gasteiger partial charge in [0, 0.05) is 29.8 Å². The van der Waals surface area contributed by atoms with Crippen molar-refractivity contribution in [3.8, 4) is 5.75 Å². The number of fused-ring (bicyclic) bond motifs is 1. The van der Waals surface area contributed by atoms with E-state index in [1.165, 1.54) is 0 Å². The van der Waals surface area contributed by atoms with Gasteiger partial charge >= 0.3 is 0 Å². The standard InChI is InChI=1S/C11H12N2O/c1-14-11-5-10-7-13-3-2-8(10)4-9(11)6-12/h2-5,7H,6,12H2,1H3/i1D2,2D,3D,4D,5D,7D. The molecule has 0 fully saturated rings. The van der Waals surface area contributed by atoms with Gasteiger partial charge in [-0.15, -0.1) is 0 Å². The number of aromatic nitrogens is 1. The van der Waals surface area contributed by atoms with Crippen molar-refractivity contribution in [2.45, 2.75) is 6.54 Å². The first-order chi connectivity index (χ1) is 9.79. The van der Waals surface area contributed by atoms with Crippen molar-refractivity contribution in [2.24, 2.45) is 5.73 Å². The summed E-state index contributed by atoms with van der Waals surface area (Å²) in [6.45, 7) is -0.189. The van der Waals surface area contributed by atoms with Crippen molar-refractivity contribution in [2.75, 3.05) is 7.06 Å². The molecule has 0 atom stereocenters. The van der Waals surface area contributed by atoms with Crippen LogP contribution in [0.2, 0.25) is 0 Å². The van der Waals surface area contributed by atoms with Gasteiger partial charge in [0.25, 0.3) is 0 Å². The Bertz CT molecular complexity index is 720. The quantitative estimate of drug-likeness (QED) is 0.793. The van der Waals surface area contributed by atoms with Gasteiger partial charge in [-0.05, 0) is 23.5 Å². The molecule has 3 nitrogen and oxygen atoms in total. The summed E-state index contributed by atoms with van der Waals surface area (Å²) in [4.78, 5) is 3.54. The fourth-order valence-corrected chi connectivity index (χ4v) is 1.11. The molecule has 3 heteroatoms. The van der Waals surface area contributed by atoms with Gasteiger partial charge in [-0.1, -0.05) is 0 Å². The minimum atomic E-state index is -1.72. The van der Waals surface area contributed by atoms with E-state index in [2.05, 4.69) is 4.98 Å². The molecule has 2 aromatic rings. The van der Waals surface area contributed by atoms with Gasteiger partial charge in [-0.2, -0.15) is 0 Å². The Balaban J connectivity index is 2.99. The maximum Gasteiger partial charge on any atom is 0.124 e. The summed E-state index contributed by atoms with van der Waals surface area (Å²) in [6, 6.07) is -0.959. The molecule has 1 aromatic heterocycles. The Morgan fingerprint density at radius 1 is 1.57 bits per heavy atom. The minimum Gasteiger partial charge on any atom is -0.496 e. The molecule has 0 amide bonds. The highest BCUT2D eigenvalue weighted by Crippen LogP contribution is 2.24. The SMILES string of the molecule is [2H]c1nc([2H])c2c([2H])c(OC([2H])[2H])c(CN)c([2H])c2c1[2H]. The molecule has 0 aliphatic carbocycles. The van der Waals surface area contributed by atoms with E-state index < -0.39 is 19.4 Å². The third-order valence-electron chi connectivity index (χ3n) is 1.76. The van der Waals surface area contributed by atoms with Crippen molar-refractivity contribution in [1.29, 1.82) is 0 Å². The van der Waals surface area contributed by atoms with Gasteiger partial charge in [0.05, 0.1) is 16.7 Å². The number of pyridine rings is 1. The van der Waals surface area contributed by atoms with Crippen molar-refractivity contribution in [3.05, 3.63) is 36.0 Å². The van der Waals surface area contributed by atoms with E-state index in [-0.39, 0.29) is 46.8 Å². The second-order valence-corrected chi connectivity index (χ2v) is 2.59. The number of methoxy groups -OCH3 is 1. The average molecular weight is 195 g/mol. The lowest BCUT2D eigenvalue weighted by Gasteiger charge is -2.07. The first-order valence-corrected chi connectivity index (χ1v) is 3.90. The lowest BCUT2D eigenvalue weighted by atomic mass is 10.1. The monoisotopic (exact) mass is 195 g/mol. The van der Waals surface area contributed by atoms with Crippen LogP contribution in [0.1, 0.15) is 15.2 Å². The summed E-state index contributed by atoms with van der Waals surface area (Å²) in [5.74, 6) is -0.225. The summed E-state index contributed by atoms with van der Waals surface area (Å²) in [5, 5.41) is -0.182. The van der Waals surface area contributed by atoms with Crippen LogP contribution in [-0.2, 0) is 6.54 Å². The highest BCUT2D eigenvalue weighted by atomic mass is 16.5. The van der Waals surface area contributed by atoms with Gasteiger partial charge < -0.3 is 10.5 Å². The van der Waals surface area contributed by atoms with Crippen LogP contribution in [0, 0.1) is 0 Å². The van der Waals surface area contributed by atoms with E-state index >= 15 is 0 Å². The Hall–Kier alpha value is -1.61. The van der Waals surface area contributed by atoms with E-state index in [1.54, 1.807) is 0 Å². The molecule has 1 aromatic carbocycles. The molecule has 0 saturated heterocycles. The van der Waals surface area contributed by atoms with Gasteiger partial charge in [-0.25, -0.2) is 0 Å². The van der Waals surface area contributed by atoms with Crippen molar-refractivity contribution >= 4 is 10.8 Å². The Morgan fingerprint density at radius 2 is 2.50 bits per heavy atom. The lowest BCUT2D eigenvalue weighted by Crippen LogP contribution is -1.99. The summed E-state index contributed by atoms with van der Waals surface area (Å²) < 4.78 is 58.4. The molecule has 2 N–H and O–H groups in total. The van der Waals surface area contributed by atoms with Crippen LogP contribution in [0.4, 0.5) is 0 Å². The third kappa shape index (κ3) is 1.42. The summed E-state index contributed by atoms with van der Waals surface area (Å²) in [6.07, 6.45) is -0.889. The normalized spacial score (nSPS) is 17.7. The molecule has 1 heterocycles. The molecule has 0 spiro atoms. The number of rotatable bonds is 2. The predicted octanol–water partition coefficient (Wildman–Crippen LogP) is 1.70. The summed E-state index contributed by atoms with van der Waals surface area (Å²) in [7, 11) is -1.72. The highest BCUT2D eigenvalue weighted by molar-refractivity contribution is 5.84. The smallest absolute Gasteiger partial charge is 0.124 e. The molecule has 2 rings (SSSR count). The molecule has 0 radical (unpaired) electrons. The zero-order valence-corrected chi connectivity index (χ0v) is 7.22. The molecule has 0 aliphatic heterocycles. The molecular formula is C11H12N2O. The lowest BCUT2D eigenvalue weighted by molar-refractivity contribution is 0.410. The first-order valence-electron chi connectivity index (χ1n) is 7.55. The maximum absolute atomic E-state index is 8.08. The largest absolute Gasteiger partial charge is 0.496 e. The van der Waals surface area contributed by atoms with Crippen LogP contribution < -0.4 is 10.5 Å². The van der Waals surface area contributed by atoms with Crippen molar-refractivity contribution in [1.82, 2.24) is 4.98 Å². The fourth-order valence-electron chi connectivity index (χ4n) is 1.11. The fraction of sp³-hybridized carbons (Fsp3) is 0.182. The number of benzene rings is 1. The number of hydrogen-bond donors (Lipinski definition) is 1. The van der Waals surface area contributed by atoms with E-state index in [1.807, 2.05) is 0 Å². The van der Waals surface area contributed by atoms with Crippen molar-refractivity contribution < 1.29 is 14.3 Å². The van der Waals surface area contributed by atoms with Crippen LogP contribution in [0.15, 0.2) is 30.5 Å². The number of hydrogen-bond acceptors (Lipinski definition) is 3. The first kappa shape index (κ1) is 3.87. The van der Waals surface area contributed by atoms with Crippen molar-refractivity contribution in [3.63, 3.8) is 0 Å². The zero-order valence-electron chi connectivity index (χ0n) is 14.2. The Labute approximate surface area is 92.4 Å². The van der Waals surface area contributed by atoms with Gasteiger partial charge in [-0.3, -0.25) is 4.98 Å². The van der Waals surface area contributed by atoms with E-state index in [4.69, 9.17) is 20.1 Å². The van der Waals surface area contributed by atoms with Gasteiger partial charge in [0.1, 0.15) is 5.75 Å². The molecule has 0 aliphatic rings. The van der Waals surface area contributed by atoms with Gasteiger partial charge in [0.15, 0.2) is 0 Å². The zero-order chi connectivity index (χ0) is 15.9. The number of nitrogens with two attached hydrogens (primary N) is 1. The van der Waals surface area contributed by atoms with E-state index in [0.29, 0.717) is 0 Å². The second-order valence-electron chi connectivity index (χ2n) is 2.59. The number of nitrogens with zero attached hydrogens (tertiary/aromatic N) is 1. The van der Waals surface area contributed by atoms with Crippen LogP contribution in [0.3, 0.4) is 0 Å². The van der Waals surface area contributed by atoms with E-state index in [0.717, 1.165) is 0 Å². The topological polar surface area (TPSA) is 48.1 Å². The summed E-state index contributed by atoms with van der Waals surface area (Å²) in [5.41, 5.74) is 5.60. The van der Waals surface area contributed by atoms with Crippen LogP contribution >= 0.6 is 0 Å². The second kappa shape index (κ2) is 3.64.